The van der Waals surface area contributed by atoms with E-state index in [1.165, 1.54) is 44.6 Å². The van der Waals surface area contributed by atoms with Crippen molar-refractivity contribution in [2.75, 3.05) is 6.54 Å². The van der Waals surface area contributed by atoms with Crippen molar-refractivity contribution in [3.05, 3.63) is 23.1 Å². The molecule has 0 aromatic carbocycles. The fraction of sp³-hybridized carbons (Fsp3) is 0.667. The Morgan fingerprint density at radius 2 is 1.95 bits per heavy atom. The molecule has 4 heteroatoms. The first kappa shape index (κ1) is 19.0. The Hall–Kier alpha value is -1.03. The van der Waals surface area contributed by atoms with Crippen LogP contribution in [0.2, 0.25) is 0 Å². The number of unbranched alkanes of at least 4 members (excludes halogenated alkanes) is 5. The van der Waals surface area contributed by atoms with Crippen molar-refractivity contribution in [2.45, 2.75) is 71.1 Å². The molecule has 0 fully saturated rings. The molecular formula is C18H29NO2S. The summed E-state index contributed by atoms with van der Waals surface area (Å²) in [6, 6.07) is 0. The minimum absolute atomic E-state index is 0.0830. The highest BCUT2D eigenvalue weighted by Gasteiger charge is 2.11. The number of nitrogens with one attached hydrogen (secondary N) is 1. The molecule has 1 amide bonds. The largest absolute Gasteiger partial charge is 0.353 e. The molecule has 0 radical (unpaired) electrons. The van der Waals surface area contributed by atoms with Crippen LogP contribution < -0.4 is 5.32 Å². The molecule has 1 aliphatic rings. The van der Waals surface area contributed by atoms with Gasteiger partial charge in [0, 0.05) is 18.2 Å². The van der Waals surface area contributed by atoms with Crippen LogP contribution in [0.5, 0.6) is 0 Å². The molecule has 0 aromatic rings. The van der Waals surface area contributed by atoms with Gasteiger partial charge in [-0.2, -0.15) is 0 Å². The first-order valence-corrected chi connectivity index (χ1v) is 9.46. The molecule has 0 atom stereocenters. The molecule has 0 heterocycles. The maximum Gasteiger partial charge on any atom is 0.244 e. The Kier molecular flexibility index (Phi) is 10.8. The average molecular weight is 324 g/mol. The van der Waals surface area contributed by atoms with E-state index in [9.17, 15) is 9.59 Å². The molecule has 0 saturated carbocycles. The van der Waals surface area contributed by atoms with E-state index in [0.717, 1.165) is 49.6 Å². The van der Waals surface area contributed by atoms with Gasteiger partial charge in [-0.05, 0) is 37.5 Å². The van der Waals surface area contributed by atoms with Gasteiger partial charge in [-0.3, -0.25) is 9.59 Å². The number of amides is 1. The van der Waals surface area contributed by atoms with Crippen LogP contribution in [-0.2, 0) is 9.59 Å². The number of carbonyl (C=O) groups excluding carboxylic acids is 2. The van der Waals surface area contributed by atoms with Gasteiger partial charge in [0.25, 0.3) is 0 Å². The second-order valence-corrected chi connectivity index (χ2v) is 6.62. The zero-order valence-electron chi connectivity index (χ0n) is 13.7. The van der Waals surface area contributed by atoms with Gasteiger partial charge in [0.2, 0.25) is 11.0 Å². The summed E-state index contributed by atoms with van der Waals surface area (Å²) in [7, 11) is 0. The van der Waals surface area contributed by atoms with Gasteiger partial charge >= 0.3 is 0 Å². The van der Waals surface area contributed by atoms with Crippen LogP contribution >= 0.6 is 11.8 Å². The number of hydrogen-bond acceptors (Lipinski definition) is 3. The molecule has 0 spiro atoms. The van der Waals surface area contributed by atoms with Crippen molar-refractivity contribution < 1.29 is 9.59 Å². The van der Waals surface area contributed by atoms with Crippen LogP contribution in [-0.4, -0.2) is 17.6 Å². The lowest BCUT2D eigenvalue weighted by Gasteiger charge is -2.09. The van der Waals surface area contributed by atoms with Crippen LogP contribution in [0.3, 0.4) is 0 Å². The molecular weight excluding hydrogens is 294 g/mol. The van der Waals surface area contributed by atoms with Crippen LogP contribution in [0.25, 0.3) is 0 Å². The Balaban J connectivity index is 2.06. The summed E-state index contributed by atoms with van der Waals surface area (Å²) in [5, 5.41) is 4.55. The van der Waals surface area contributed by atoms with Gasteiger partial charge in [-0.15, -0.1) is 0 Å². The third kappa shape index (κ3) is 9.08. The topological polar surface area (TPSA) is 46.2 Å². The second kappa shape index (κ2) is 12.5. The highest BCUT2D eigenvalue weighted by atomic mass is 32.2. The average Bonchev–Trinajstić information content (AvgIpc) is 2.54. The fourth-order valence-corrected chi connectivity index (χ4v) is 3.08. The maximum absolute atomic E-state index is 11.9. The lowest BCUT2D eigenvalue weighted by molar-refractivity contribution is -0.116. The standard InChI is InChI=1S/C18H29NO2S/c1-2-3-4-5-6-10-14-19-17(20)13-15-22-18(21)16-11-8-7-9-12-16/h11,13,15H,2-10,12,14H2,1H3,(H,19,20)/b15-13-. The van der Waals surface area contributed by atoms with Crippen molar-refractivity contribution in [1.82, 2.24) is 5.32 Å². The van der Waals surface area contributed by atoms with E-state index in [1.54, 1.807) is 5.41 Å². The van der Waals surface area contributed by atoms with E-state index in [0.29, 0.717) is 0 Å². The maximum atomic E-state index is 11.9. The van der Waals surface area contributed by atoms with Crippen molar-refractivity contribution in [3.8, 4) is 0 Å². The molecule has 3 nitrogen and oxygen atoms in total. The van der Waals surface area contributed by atoms with E-state index in [-0.39, 0.29) is 11.0 Å². The molecule has 0 unspecified atom stereocenters. The Morgan fingerprint density at radius 1 is 1.18 bits per heavy atom. The molecule has 0 saturated heterocycles. The molecule has 0 aliphatic heterocycles. The van der Waals surface area contributed by atoms with Crippen LogP contribution in [0.4, 0.5) is 0 Å². The number of carbonyl (C=O) groups is 2. The second-order valence-electron chi connectivity index (χ2n) is 5.74. The van der Waals surface area contributed by atoms with Gasteiger partial charge in [0.05, 0.1) is 0 Å². The molecule has 0 bridgehead atoms. The normalized spacial score (nSPS) is 14.9. The van der Waals surface area contributed by atoms with Crippen molar-refractivity contribution in [3.63, 3.8) is 0 Å². The third-order valence-electron chi connectivity index (χ3n) is 3.78. The predicted molar refractivity (Wildman–Crippen MR) is 94.7 cm³/mol. The van der Waals surface area contributed by atoms with Crippen LogP contribution in [0, 0.1) is 0 Å². The molecule has 0 aromatic heterocycles. The highest BCUT2D eigenvalue weighted by molar-refractivity contribution is 8.16. The smallest absolute Gasteiger partial charge is 0.244 e. The van der Waals surface area contributed by atoms with Gasteiger partial charge < -0.3 is 5.32 Å². The van der Waals surface area contributed by atoms with Gasteiger partial charge in [0.1, 0.15) is 0 Å². The fourth-order valence-electron chi connectivity index (χ4n) is 2.43. The summed E-state index contributed by atoms with van der Waals surface area (Å²) < 4.78 is 0. The number of hydrogen-bond donors (Lipinski definition) is 1. The summed E-state index contributed by atoms with van der Waals surface area (Å²) in [5.74, 6) is -0.105. The zero-order valence-corrected chi connectivity index (χ0v) is 14.6. The monoisotopic (exact) mass is 323 g/mol. The number of rotatable bonds is 10. The molecule has 22 heavy (non-hydrogen) atoms. The SMILES string of the molecule is CCCCCCCCNC(=O)/C=C\SC(=O)C1=CCCCC1. The van der Waals surface area contributed by atoms with E-state index in [4.69, 9.17) is 0 Å². The van der Waals surface area contributed by atoms with Crippen LogP contribution in [0.1, 0.15) is 71.1 Å². The van der Waals surface area contributed by atoms with E-state index in [2.05, 4.69) is 12.2 Å². The third-order valence-corrected chi connectivity index (χ3v) is 4.53. The number of thioether (sulfide) groups is 1. The molecule has 1 aliphatic carbocycles. The summed E-state index contributed by atoms with van der Waals surface area (Å²) in [6.45, 7) is 2.93. The summed E-state index contributed by atoms with van der Waals surface area (Å²) >= 11 is 1.12. The Morgan fingerprint density at radius 3 is 2.68 bits per heavy atom. The van der Waals surface area contributed by atoms with Crippen molar-refractivity contribution >= 4 is 22.8 Å². The lowest BCUT2D eigenvalue weighted by atomic mass is 10.0. The van der Waals surface area contributed by atoms with Crippen LogP contribution in [0.15, 0.2) is 23.1 Å². The quantitative estimate of drug-likeness (QED) is 0.467. The van der Waals surface area contributed by atoms with Crippen molar-refractivity contribution in [2.24, 2.45) is 0 Å². The van der Waals surface area contributed by atoms with E-state index >= 15 is 0 Å². The first-order chi connectivity index (χ1) is 10.7. The summed E-state index contributed by atoms with van der Waals surface area (Å²) in [4.78, 5) is 23.5. The van der Waals surface area contributed by atoms with E-state index < -0.39 is 0 Å². The Bertz CT molecular complexity index is 402. The zero-order chi connectivity index (χ0) is 16.0. The van der Waals surface area contributed by atoms with Crippen molar-refractivity contribution in [1.29, 1.82) is 0 Å². The number of allylic oxidation sites excluding steroid dienone is 1. The van der Waals surface area contributed by atoms with Gasteiger partial charge in [-0.1, -0.05) is 56.9 Å². The predicted octanol–water partition coefficient (Wildman–Crippen LogP) is 4.74. The highest BCUT2D eigenvalue weighted by Crippen LogP contribution is 2.22. The lowest BCUT2D eigenvalue weighted by Crippen LogP contribution is -2.21. The van der Waals surface area contributed by atoms with E-state index in [1.807, 2.05) is 6.08 Å². The molecule has 1 N–H and O–H groups in total. The minimum atomic E-state index is -0.105. The first-order valence-electron chi connectivity index (χ1n) is 8.58. The van der Waals surface area contributed by atoms with Gasteiger partial charge in [-0.25, -0.2) is 0 Å². The Labute approximate surface area is 139 Å². The molecule has 124 valence electrons. The summed E-state index contributed by atoms with van der Waals surface area (Å²) in [6.07, 6.45) is 15.0. The summed E-state index contributed by atoms with van der Waals surface area (Å²) in [5.41, 5.74) is 0.911. The molecule has 1 rings (SSSR count). The van der Waals surface area contributed by atoms with Gasteiger partial charge in [0.15, 0.2) is 0 Å². The minimum Gasteiger partial charge on any atom is -0.353 e.